The maximum Gasteiger partial charge on any atom is 0.264 e. The summed E-state index contributed by atoms with van der Waals surface area (Å²) in [6, 6.07) is 17.2. The zero-order valence-corrected chi connectivity index (χ0v) is 23.5. The molecule has 0 radical (unpaired) electrons. The summed E-state index contributed by atoms with van der Waals surface area (Å²) in [6.07, 6.45) is 0. The van der Waals surface area contributed by atoms with E-state index in [4.69, 9.17) is 4.74 Å². The van der Waals surface area contributed by atoms with Gasteiger partial charge in [0.1, 0.15) is 24.2 Å². The first-order chi connectivity index (χ1) is 18.4. The first kappa shape index (κ1) is 29.6. The molecule has 0 aromatic heterocycles. The second-order valence-electron chi connectivity index (χ2n) is 9.51. The molecule has 0 fully saturated rings. The standard InChI is InChI=1S/C29H34FN3O5S/c1-20(2)31-29(35)22(4)32(18-23-11-13-24(30)14-12-23)28(34)19-33(25-7-6-8-26(17-25)38-5)39(36,37)27-15-9-21(3)10-16-27/h6-17,20,22H,18-19H2,1-5H3,(H,31,35)/t22-/m0/s1. The third-order valence-corrected chi connectivity index (χ3v) is 7.88. The van der Waals surface area contributed by atoms with E-state index in [0.717, 1.165) is 9.87 Å². The van der Waals surface area contributed by atoms with E-state index in [1.807, 2.05) is 6.92 Å². The van der Waals surface area contributed by atoms with E-state index in [-0.39, 0.29) is 23.2 Å². The second kappa shape index (κ2) is 12.8. The first-order valence-electron chi connectivity index (χ1n) is 12.5. The number of sulfonamides is 1. The molecule has 39 heavy (non-hydrogen) atoms. The molecule has 8 nitrogen and oxygen atoms in total. The summed E-state index contributed by atoms with van der Waals surface area (Å²) in [5.74, 6) is -1.02. The summed E-state index contributed by atoms with van der Waals surface area (Å²) in [5.41, 5.74) is 1.70. The Hall–Kier alpha value is -3.92. The Morgan fingerprint density at radius 3 is 2.21 bits per heavy atom. The fourth-order valence-electron chi connectivity index (χ4n) is 3.91. The van der Waals surface area contributed by atoms with Crippen LogP contribution in [0.4, 0.5) is 10.1 Å². The van der Waals surface area contributed by atoms with E-state index in [1.54, 1.807) is 51.1 Å². The quantitative estimate of drug-likeness (QED) is 0.381. The third-order valence-electron chi connectivity index (χ3n) is 6.09. The van der Waals surface area contributed by atoms with Gasteiger partial charge in [-0.15, -0.1) is 0 Å². The van der Waals surface area contributed by atoms with E-state index < -0.39 is 40.2 Å². The smallest absolute Gasteiger partial charge is 0.264 e. The SMILES string of the molecule is COc1cccc(N(CC(=O)N(Cc2ccc(F)cc2)[C@@H](C)C(=O)NC(C)C)S(=O)(=O)c2ccc(C)cc2)c1. The molecule has 0 spiro atoms. The van der Waals surface area contributed by atoms with E-state index in [2.05, 4.69) is 5.32 Å². The summed E-state index contributed by atoms with van der Waals surface area (Å²) < 4.78 is 47.5. The topological polar surface area (TPSA) is 96.0 Å². The van der Waals surface area contributed by atoms with Crippen molar-refractivity contribution >= 4 is 27.5 Å². The number of hydrogen-bond donors (Lipinski definition) is 1. The van der Waals surface area contributed by atoms with E-state index >= 15 is 0 Å². The predicted molar refractivity (Wildman–Crippen MR) is 148 cm³/mol. The highest BCUT2D eigenvalue weighted by Gasteiger charge is 2.32. The molecule has 0 bridgehead atoms. The molecular weight excluding hydrogens is 521 g/mol. The van der Waals surface area contributed by atoms with Gasteiger partial charge in [0.2, 0.25) is 11.8 Å². The summed E-state index contributed by atoms with van der Waals surface area (Å²) in [6.45, 7) is 6.41. The highest BCUT2D eigenvalue weighted by molar-refractivity contribution is 7.92. The van der Waals surface area contributed by atoms with Crippen LogP contribution in [0.2, 0.25) is 0 Å². The maximum absolute atomic E-state index is 13.9. The molecule has 0 saturated carbocycles. The number of methoxy groups -OCH3 is 1. The van der Waals surface area contributed by atoms with Crippen LogP contribution in [0.3, 0.4) is 0 Å². The van der Waals surface area contributed by atoms with Crippen LogP contribution in [-0.2, 0) is 26.2 Å². The van der Waals surface area contributed by atoms with E-state index in [9.17, 15) is 22.4 Å². The molecule has 3 aromatic carbocycles. The van der Waals surface area contributed by atoms with Gasteiger partial charge >= 0.3 is 0 Å². The summed E-state index contributed by atoms with van der Waals surface area (Å²) in [4.78, 5) is 28.1. The molecule has 0 aliphatic carbocycles. The fourth-order valence-corrected chi connectivity index (χ4v) is 5.31. The van der Waals surface area contributed by atoms with Crippen LogP contribution in [0, 0.1) is 12.7 Å². The molecule has 10 heteroatoms. The lowest BCUT2D eigenvalue weighted by atomic mass is 10.1. The third kappa shape index (κ3) is 7.57. The van der Waals surface area contributed by atoms with Crippen LogP contribution < -0.4 is 14.4 Å². The Labute approximate surface area is 229 Å². The number of halogens is 1. The monoisotopic (exact) mass is 555 g/mol. The Balaban J connectivity index is 2.04. The van der Waals surface area contributed by atoms with E-state index in [0.29, 0.717) is 11.3 Å². The Kier molecular flexibility index (Phi) is 9.69. The number of amides is 2. The van der Waals surface area contributed by atoms with Crippen LogP contribution in [0.25, 0.3) is 0 Å². The molecule has 208 valence electrons. The Morgan fingerprint density at radius 2 is 1.62 bits per heavy atom. The minimum absolute atomic E-state index is 0.0133. The second-order valence-corrected chi connectivity index (χ2v) is 11.4. The van der Waals surface area contributed by atoms with Crippen LogP contribution in [0.5, 0.6) is 5.75 Å². The highest BCUT2D eigenvalue weighted by atomic mass is 32.2. The van der Waals surface area contributed by atoms with Gasteiger partial charge in [0.15, 0.2) is 0 Å². The molecule has 0 heterocycles. The number of benzene rings is 3. The van der Waals surface area contributed by atoms with Crippen LogP contribution in [0.15, 0.2) is 77.7 Å². The number of ether oxygens (including phenoxy) is 1. The van der Waals surface area contributed by atoms with Crippen molar-refractivity contribution in [2.75, 3.05) is 18.0 Å². The molecule has 2 amide bonds. The number of aryl methyl sites for hydroxylation is 1. The van der Waals surface area contributed by atoms with Gasteiger partial charge in [-0.25, -0.2) is 12.8 Å². The van der Waals surface area contributed by atoms with Gasteiger partial charge in [-0.05, 0) is 69.7 Å². The van der Waals surface area contributed by atoms with Crippen LogP contribution in [-0.4, -0.2) is 50.9 Å². The average Bonchev–Trinajstić information content (AvgIpc) is 2.90. The van der Waals surface area contributed by atoms with Gasteiger partial charge in [-0.3, -0.25) is 13.9 Å². The molecule has 0 saturated heterocycles. The molecule has 1 atom stereocenters. The zero-order valence-electron chi connectivity index (χ0n) is 22.7. The zero-order chi connectivity index (χ0) is 28.7. The molecule has 0 aliphatic heterocycles. The number of carbonyl (C=O) groups excluding carboxylic acids is 2. The summed E-state index contributed by atoms with van der Waals surface area (Å²) in [7, 11) is -2.73. The summed E-state index contributed by atoms with van der Waals surface area (Å²) >= 11 is 0. The predicted octanol–water partition coefficient (Wildman–Crippen LogP) is 4.28. The van der Waals surface area contributed by atoms with Crippen molar-refractivity contribution in [1.29, 1.82) is 0 Å². The lowest BCUT2D eigenvalue weighted by molar-refractivity contribution is -0.139. The number of hydrogen-bond acceptors (Lipinski definition) is 5. The van der Waals surface area contributed by atoms with Crippen molar-refractivity contribution in [2.45, 2.75) is 51.2 Å². The van der Waals surface area contributed by atoms with Gasteiger partial charge < -0.3 is 15.0 Å². The largest absolute Gasteiger partial charge is 0.497 e. The van der Waals surface area contributed by atoms with Crippen molar-refractivity contribution in [3.63, 3.8) is 0 Å². The van der Waals surface area contributed by atoms with Crippen LogP contribution >= 0.6 is 0 Å². The number of nitrogens with zero attached hydrogens (tertiary/aromatic N) is 2. The lowest BCUT2D eigenvalue weighted by Gasteiger charge is -2.32. The molecule has 3 rings (SSSR count). The van der Waals surface area contributed by atoms with E-state index in [1.165, 1.54) is 54.5 Å². The molecule has 0 aliphatic rings. The van der Waals surface area contributed by atoms with Gasteiger partial charge in [0, 0.05) is 18.7 Å². The van der Waals surface area contributed by atoms with Crippen LogP contribution in [0.1, 0.15) is 31.9 Å². The van der Waals surface area contributed by atoms with Crippen molar-refractivity contribution in [1.82, 2.24) is 10.2 Å². The first-order valence-corrected chi connectivity index (χ1v) is 13.9. The van der Waals surface area contributed by atoms with Crippen molar-refractivity contribution in [2.24, 2.45) is 0 Å². The number of anilines is 1. The normalized spacial score (nSPS) is 12.1. The minimum atomic E-state index is -4.19. The molecule has 0 unspecified atom stereocenters. The van der Waals surface area contributed by atoms with Crippen molar-refractivity contribution in [3.8, 4) is 5.75 Å². The highest BCUT2D eigenvalue weighted by Crippen LogP contribution is 2.28. The summed E-state index contributed by atoms with van der Waals surface area (Å²) in [5, 5.41) is 2.79. The van der Waals surface area contributed by atoms with Gasteiger partial charge in [0.05, 0.1) is 17.7 Å². The van der Waals surface area contributed by atoms with Gasteiger partial charge in [-0.1, -0.05) is 35.9 Å². The van der Waals surface area contributed by atoms with Crippen molar-refractivity contribution in [3.05, 3.63) is 89.7 Å². The Bertz CT molecular complexity index is 1390. The minimum Gasteiger partial charge on any atom is -0.497 e. The molecule has 1 N–H and O–H groups in total. The van der Waals surface area contributed by atoms with Crippen molar-refractivity contribution < 1.29 is 27.1 Å². The molecular formula is C29H34FN3O5S. The number of nitrogens with one attached hydrogen (secondary N) is 1. The van der Waals surface area contributed by atoms with Gasteiger partial charge in [0.25, 0.3) is 10.0 Å². The molecule has 3 aromatic rings. The fraction of sp³-hybridized carbons (Fsp3) is 0.310. The number of carbonyl (C=O) groups is 2. The lowest BCUT2D eigenvalue weighted by Crippen LogP contribution is -2.52. The van der Waals surface area contributed by atoms with Gasteiger partial charge in [-0.2, -0.15) is 0 Å². The average molecular weight is 556 g/mol. The Morgan fingerprint density at radius 1 is 0.974 bits per heavy atom. The number of rotatable bonds is 11. The maximum atomic E-state index is 13.9.